The average molecular weight is 261 g/mol. The summed E-state index contributed by atoms with van der Waals surface area (Å²) >= 11 is 0. The molecule has 1 fully saturated rings. The fraction of sp³-hybridized carbons (Fsp3) is 0.533. The molecule has 3 rings (SSSR count). The van der Waals surface area contributed by atoms with Gasteiger partial charge in [0, 0.05) is 14.0 Å². The molecular weight excluding hydrogens is 242 g/mol. The summed E-state index contributed by atoms with van der Waals surface area (Å²) in [5.74, 6) is -0.205. The van der Waals surface area contributed by atoms with E-state index in [4.69, 9.17) is 19.2 Å². The Morgan fingerprint density at radius 1 is 1.26 bits per heavy atom. The molecular formula is C15H19NO3. The van der Waals surface area contributed by atoms with Crippen LogP contribution in [0.3, 0.4) is 0 Å². The Hall–Kier alpha value is -1.39. The molecule has 0 saturated carbocycles. The van der Waals surface area contributed by atoms with Crippen molar-refractivity contribution in [3.8, 4) is 0 Å². The number of ether oxygens (including phenoxy) is 3. The molecule has 4 nitrogen and oxygen atoms in total. The van der Waals surface area contributed by atoms with Gasteiger partial charge in [0.1, 0.15) is 6.10 Å². The molecule has 1 unspecified atom stereocenters. The Morgan fingerprint density at radius 3 is 2.53 bits per heavy atom. The smallest absolute Gasteiger partial charge is 0.358 e. The number of fused-ring (bicyclic) bond motifs is 1. The summed E-state index contributed by atoms with van der Waals surface area (Å²) in [5, 5.41) is 0. The van der Waals surface area contributed by atoms with Crippen LogP contribution in [0.1, 0.15) is 32.4 Å². The highest BCUT2D eigenvalue weighted by molar-refractivity contribution is 5.77. The van der Waals surface area contributed by atoms with E-state index in [-0.39, 0.29) is 12.0 Å². The van der Waals surface area contributed by atoms with Crippen molar-refractivity contribution in [2.45, 2.75) is 38.4 Å². The van der Waals surface area contributed by atoms with E-state index < -0.39 is 11.5 Å². The Bertz CT molecular complexity index is 513. The Kier molecular flexibility index (Phi) is 2.69. The zero-order valence-electron chi connectivity index (χ0n) is 11.7. The van der Waals surface area contributed by atoms with E-state index in [1.165, 1.54) is 0 Å². The zero-order chi connectivity index (χ0) is 13.7. The molecule has 4 heteroatoms. The van der Waals surface area contributed by atoms with E-state index in [0.717, 1.165) is 5.56 Å². The van der Waals surface area contributed by atoms with Crippen molar-refractivity contribution >= 4 is 5.90 Å². The molecule has 3 atom stereocenters. The molecule has 2 aliphatic heterocycles. The molecule has 2 aliphatic rings. The summed E-state index contributed by atoms with van der Waals surface area (Å²) in [4.78, 5) is 4.73. The zero-order valence-corrected chi connectivity index (χ0v) is 11.7. The lowest BCUT2D eigenvalue weighted by Gasteiger charge is -2.56. The van der Waals surface area contributed by atoms with Gasteiger partial charge in [0.2, 0.25) is 0 Å². The minimum absolute atomic E-state index is 0.133. The molecule has 0 aromatic heterocycles. The monoisotopic (exact) mass is 261 g/mol. The summed E-state index contributed by atoms with van der Waals surface area (Å²) in [6.45, 7) is 6.09. The highest BCUT2D eigenvalue weighted by atomic mass is 16.9. The number of hydrogen-bond acceptors (Lipinski definition) is 4. The lowest BCUT2D eigenvalue weighted by atomic mass is 9.72. The Labute approximate surface area is 113 Å². The Balaban J connectivity index is 2.07. The maximum Gasteiger partial charge on any atom is 0.358 e. The number of aliphatic imine (C=N–C) groups is 1. The van der Waals surface area contributed by atoms with Crippen molar-refractivity contribution in [2.75, 3.05) is 7.11 Å². The molecule has 1 saturated heterocycles. The minimum Gasteiger partial charge on any atom is -0.424 e. The standard InChI is InChI=1S/C15H19NO3/c1-10(2)14-13(12-8-6-5-7-9-12)19-15(14,17-4)18-11(3)16-14/h5-10,13H,1-4H3/t13-,14?,15+/m1/s1. The molecule has 1 aromatic rings. The number of hydrogen-bond donors (Lipinski definition) is 0. The van der Waals surface area contributed by atoms with Gasteiger partial charge in [-0.15, -0.1) is 0 Å². The molecule has 0 N–H and O–H groups in total. The van der Waals surface area contributed by atoms with Gasteiger partial charge >= 0.3 is 5.97 Å². The average Bonchev–Trinajstić information content (AvgIpc) is 2.62. The van der Waals surface area contributed by atoms with Gasteiger partial charge < -0.3 is 14.2 Å². The van der Waals surface area contributed by atoms with Gasteiger partial charge in [0.25, 0.3) is 0 Å². The minimum atomic E-state index is -1.06. The van der Waals surface area contributed by atoms with Crippen molar-refractivity contribution in [1.29, 1.82) is 0 Å². The summed E-state index contributed by atoms with van der Waals surface area (Å²) < 4.78 is 17.2. The van der Waals surface area contributed by atoms with Gasteiger partial charge in [-0.1, -0.05) is 44.2 Å². The van der Waals surface area contributed by atoms with Crippen molar-refractivity contribution in [1.82, 2.24) is 0 Å². The van der Waals surface area contributed by atoms with Crippen LogP contribution < -0.4 is 0 Å². The number of nitrogens with zero attached hydrogens (tertiary/aromatic N) is 1. The number of rotatable bonds is 3. The first-order valence-corrected chi connectivity index (χ1v) is 6.59. The second-order valence-corrected chi connectivity index (χ2v) is 5.38. The summed E-state index contributed by atoms with van der Waals surface area (Å²) in [5.41, 5.74) is 0.596. The Morgan fingerprint density at radius 2 is 1.95 bits per heavy atom. The first kappa shape index (κ1) is 12.6. The first-order valence-electron chi connectivity index (χ1n) is 6.59. The first-order chi connectivity index (χ1) is 9.06. The van der Waals surface area contributed by atoms with E-state index in [1.807, 2.05) is 25.1 Å². The van der Waals surface area contributed by atoms with Crippen LogP contribution in [0, 0.1) is 5.92 Å². The highest BCUT2D eigenvalue weighted by Crippen LogP contribution is 2.61. The topological polar surface area (TPSA) is 40.0 Å². The van der Waals surface area contributed by atoms with E-state index in [1.54, 1.807) is 7.11 Å². The molecule has 1 aromatic carbocycles. The van der Waals surface area contributed by atoms with Crippen LogP contribution in [0.2, 0.25) is 0 Å². The molecule has 19 heavy (non-hydrogen) atoms. The molecule has 0 radical (unpaired) electrons. The fourth-order valence-corrected chi connectivity index (χ4v) is 3.14. The van der Waals surface area contributed by atoms with Crippen LogP contribution in [0.4, 0.5) is 0 Å². The van der Waals surface area contributed by atoms with E-state index in [0.29, 0.717) is 5.90 Å². The maximum absolute atomic E-state index is 5.96. The summed E-state index contributed by atoms with van der Waals surface area (Å²) in [6, 6.07) is 10.1. The van der Waals surface area contributed by atoms with Crippen molar-refractivity contribution in [2.24, 2.45) is 10.9 Å². The second-order valence-electron chi connectivity index (χ2n) is 5.38. The number of benzene rings is 1. The number of methoxy groups -OCH3 is 1. The van der Waals surface area contributed by atoms with Crippen LogP contribution in [0.5, 0.6) is 0 Å². The van der Waals surface area contributed by atoms with Crippen LogP contribution >= 0.6 is 0 Å². The maximum atomic E-state index is 5.96. The van der Waals surface area contributed by atoms with Crippen LogP contribution in [-0.4, -0.2) is 24.5 Å². The predicted molar refractivity (Wildman–Crippen MR) is 71.8 cm³/mol. The normalized spacial score (nSPS) is 36.5. The predicted octanol–water partition coefficient (Wildman–Crippen LogP) is 2.90. The van der Waals surface area contributed by atoms with Crippen molar-refractivity contribution in [3.05, 3.63) is 35.9 Å². The van der Waals surface area contributed by atoms with Gasteiger partial charge in [-0.2, -0.15) is 0 Å². The van der Waals surface area contributed by atoms with Gasteiger partial charge in [0.05, 0.1) is 0 Å². The van der Waals surface area contributed by atoms with Gasteiger partial charge in [-0.3, -0.25) is 0 Å². The quantitative estimate of drug-likeness (QED) is 0.840. The lowest BCUT2D eigenvalue weighted by Crippen LogP contribution is -2.71. The fourth-order valence-electron chi connectivity index (χ4n) is 3.14. The van der Waals surface area contributed by atoms with Gasteiger partial charge in [-0.05, 0) is 11.5 Å². The van der Waals surface area contributed by atoms with E-state index in [9.17, 15) is 0 Å². The van der Waals surface area contributed by atoms with Crippen LogP contribution in [0.15, 0.2) is 35.3 Å². The molecule has 0 spiro atoms. The SMILES string of the molecule is CO[C@]12OC(C)=NC1(C(C)C)[C@@H](c1ccccc1)O2. The van der Waals surface area contributed by atoms with Gasteiger partial charge in [-0.25, -0.2) is 4.99 Å². The lowest BCUT2D eigenvalue weighted by molar-refractivity contribution is -0.471. The third-order valence-electron chi connectivity index (χ3n) is 4.04. The molecule has 0 aliphatic carbocycles. The van der Waals surface area contributed by atoms with E-state index in [2.05, 4.69) is 26.0 Å². The molecule has 2 heterocycles. The van der Waals surface area contributed by atoms with Crippen molar-refractivity contribution < 1.29 is 14.2 Å². The molecule has 0 amide bonds. The van der Waals surface area contributed by atoms with E-state index >= 15 is 0 Å². The summed E-state index contributed by atoms with van der Waals surface area (Å²) in [7, 11) is 1.60. The highest BCUT2D eigenvalue weighted by Gasteiger charge is 2.76. The largest absolute Gasteiger partial charge is 0.424 e. The third kappa shape index (κ3) is 1.44. The third-order valence-corrected chi connectivity index (χ3v) is 4.04. The van der Waals surface area contributed by atoms with Crippen LogP contribution in [0.25, 0.3) is 0 Å². The van der Waals surface area contributed by atoms with Gasteiger partial charge in [0.15, 0.2) is 11.4 Å². The molecule has 0 bridgehead atoms. The van der Waals surface area contributed by atoms with Crippen LogP contribution in [-0.2, 0) is 14.2 Å². The van der Waals surface area contributed by atoms with Crippen molar-refractivity contribution in [3.63, 3.8) is 0 Å². The molecule has 102 valence electrons. The second kappa shape index (κ2) is 4.05. The summed E-state index contributed by atoms with van der Waals surface area (Å²) in [6.07, 6.45) is -0.133.